The van der Waals surface area contributed by atoms with Crippen LogP contribution in [-0.2, 0) is 9.59 Å². The Balaban J connectivity index is 2.69. The van der Waals surface area contributed by atoms with Crippen LogP contribution in [0.25, 0.3) is 6.08 Å². The van der Waals surface area contributed by atoms with Gasteiger partial charge in [-0.05, 0) is 53.5 Å². The van der Waals surface area contributed by atoms with Crippen LogP contribution >= 0.6 is 15.9 Å². The lowest BCUT2D eigenvalue weighted by molar-refractivity contribution is -0.133. The highest BCUT2D eigenvalue weighted by Crippen LogP contribution is 2.26. The molecule has 0 aliphatic rings. The smallest absolute Gasteiger partial charge is 0.328 e. The van der Waals surface area contributed by atoms with E-state index in [1.807, 2.05) is 13.8 Å². The van der Waals surface area contributed by atoms with Gasteiger partial charge in [0.25, 0.3) is 5.91 Å². The number of hydrogen-bond donors (Lipinski definition) is 1. The molecule has 0 spiro atoms. The molecule has 0 aliphatic heterocycles. The molecule has 0 saturated heterocycles. The molecule has 1 aromatic rings. The molecule has 114 valence electrons. The molecule has 0 unspecified atom stereocenters. The Morgan fingerprint density at radius 2 is 2.10 bits per heavy atom. The Bertz CT molecular complexity index is 555. The molecule has 6 heteroatoms. The van der Waals surface area contributed by atoms with E-state index < -0.39 is 5.97 Å². The number of amides is 1. The molecule has 0 radical (unpaired) electrons. The van der Waals surface area contributed by atoms with Gasteiger partial charge in [-0.15, -0.1) is 0 Å². The molecule has 0 saturated carbocycles. The zero-order valence-electron chi connectivity index (χ0n) is 12.2. The van der Waals surface area contributed by atoms with Crippen molar-refractivity contribution in [1.82, 2.24) is 4.90 Å². The second-order valence-corrected chi connectivity index (χ2v) is 5.60. The predicted molar refractivity (Wildman–Crippen MR) is 84.2 cm³/mol. The topological polar surface area (TPSA) is 66.8 Å². The molecule has 1 rings (SSSR count). The number of nitrogens with zero attached hydrogens (tertiary/aromatic N) is 1. The van der Waals surface area contributed by atoms with E-state index in [9.17, 15) is 9.59 Å². The van der Waals surface area contributed by atoms with Gasteiger partial charge in [0, 0.05) is 19.2 Å². The second kappa shape index (κ2) is 7.83. The van der Waals surface area contributed by atoms with Crippen LogP contribution in [-0.4, -0.2) is 41.6 Å². The summed E-state index contributed by atoms with van der Waals surface area (Å²) in [4.78, 5) is 23.9. The summed E-state index contributed by atoms with van der Waals surface area (Å²) in [5, 5.41) is 8.58. The summed E-state index contributed by atoms with van der Waals surface area (Å²) in [6.07, 6.45) is 2.54. The molecule has 0 atom stereocenters. The monoisotopic (exact) mass is 355 g/mol. The zero-order valence-corrected chi connectivity index (χ0v) is 13.8. The van der Waals surface area contributed by atoms with Gasteiger partial charge in [0.2, 0.25) is 0 Å². The average Bonchev–Trinajstić information content (AvgIpc) is 2.42. The van der Waals surface area contributed by atoms with Crippen LogP contribution in [0.2, 0.25) is 0 Å². The highest BCUT2D eigenvalue weighted by molar-refractivity contribution is 9.10. The first kappa shape index (κ1) is 17.2. The lowest BCUT2D eigenvalue weighted by Crippen LogP contribution is -2.36. The Kier molecular flexibility index (Phi) is 6.42. The number of carboxylic acid groups (broad SMARTS) is 1. The third-order valence-electron chi connectivity index (χ3n) is 2.89. The first-order valence-corrected chi connectivity index (χ1v) is 7.19. The Morgan fingerprint density at radius 3 is 2.62 bits per heavy atom. The lowest BCUT2D eigenvalue weighted by Gasteiger charge is -2.21. The molecule has 1 N–H and O–H groups in total. The van der Waals surface area contributed by atoms with Crippen LogP contribution < -0.4 is 4.74 Å². The summed E-state index contributed by atoms with van der Waals surface area (Å²) in [5.41, 5.74) is 0.724. The summed E-state index contributed by atoms with van der Waals surface area (Å²) >= 11 is 3.34. The van der Waals surface area contributed by atoms with Crippen molar-refractivity contribution < 1.29 is 19.4 Å². The molecule has 0 fully saturated rings. The van der Waals surface area contributed by atoms with Gasteiger partial charge in [-0.25, -0.2) is 4.79 Å². The first-order valence-electron chi connectivity index (χ1n) is 6.40. The van der Waals surface area contributed by atoms with E-state index in [2.05, 4.69) is 15.9 Å². The van der Waals surface area contributed by atoms with Crippen LogP contribution in [0.3, 0.4) is 0 Å². The minimum absolute atomic E-state index is 0.0441. The lowest BCUT2D eigenvalue weighted by atomic mass is 10.2. The zero-order chi connectivity index (χ0) is 16.0. The normalized spacial score (nSPS) is 10.9. The summed E-state index contributed by atoms with van der Waals surface area (Å²) in [6.45, 7) is 3.81. The van der Waals surface area contributed by atoms with Crippen LogP contribution in [0.4, 0.5) is 0 Å². The van der Waals surface area contributed by atoms with Crippen LogP contribution in [0.1, 0.15) is 19.4 Å². The molecule has 0 bridgehead atoms. The standard InChI is InChI=1S/C15H18BrNO4/c1-10(2)17(3)14(18)9-21-13-6-4-11(8-12(13)16)5-7-15(19)20/h4-8,10H,9H2,1-3H3,(H,19,20). The number of carbonyl (C=O) groups is 2. The number of benzene rings is 1. The van der Waals surface area contributed by atoms with Crippen molar-refractivity contribution >= 4 is 33.9 Å². The van der Waals surface area contributed by atoms with E-state index >= 15 is 0 Å². The van der Waals surface area contributed by atoms with E-state index in [1.54, 1.807) is 30.1 Å². The molecule has 5 nitrogen and oxygen atoms in total. The van der Waals surface area contributed by atoms with Gasteiger partial charge in [0.05, 0.1) is 4.47 Å². The molecule has 0 aliphatic carbocycles. The maximum atomic E-state index is 11.8. The number of carboxylic acids is 1. The van der Waals surface area contributed by atoms with Gasteiger partial charge in [0.1, 0.15) is 5.75 Å². The summed E-state index contributed by atoms with van der Waals surface area (Å²) < 4.78 is 6.13. The quantitative estimate of drug-likeness (QED) is 0.796. The third kappa shape index (κ3) is 5.59. The second-order valence-electron chi connectivity index (χ2n) is 4.75. The molecular weight excluding hydrogens is 338 g/mol. The summed E-state index contributed by atoms with van der Waals surface area (Å²) in [5.74, 6) is -0.575. The fraction of sp³-hybridized carbons (Fsp3) is 0.333. The van der Waals surface area contributed by atoms with Crippen LogP contribution in [0.5, 0.6) is 5.75 Å². The molecule has 1 amide bonds. The molecule has 0 aromatic heterocycles. The minimum atomic E-state index is -1.01. The summed E-state index contributed by atoms with van der Waals surface area (Å²) in [7, 11) is 1.73. The van der Waals surface area contributed by atoms with E-state index in [-0.39, 0.29) is 18.6 Å². The predicted octanol–water partition coefficient (Wildman–Crippen LogP) is 2.79. The number of ether oxygens (including phenoxy) is 1. The molecule has 1 aromatic carbocycles. The van der Waals surface area contributed by atoms with Crippen molar-refractivity contribution in [2.45, 2.75) is 19.9 Å². The number of hydrogen-bond acceptors (Lipinski definition) is 3. The SMILES string of the molecule is CC(C)N(C)C(=O)COc1ccc(C=CC(=O)O)cc1Br. The van der Waals surface area contributed by atoms with Gasteiger partial charge < -0.3 is 14.7 Å². The fourth-order valence-electron chi connectivity index (χ4n) is 1.43. The van der Waals surface area contributed by atoms with Crippen molar-refractivity contribution in [3.8, 4) is 5.75 Å². The van der Waals surface area contributed by atoms with Gasteiger partial charge in [-0.3, -0.25) is 4.79 Å². The molecular formula is C15H18BrNO4. The van der Waals surface area contributed by atoms with Crippen molar-refractivity contribution in [1.29, 1.82) is 0 Å². The fourth-order valence-corrected chi connectivity index (χ4v) is 1.95. The van der Waals surface area contributed by atoms with Crippen molar-refractivity contribution in [3.63, 3.8) is 0 Å². The highest BCUT2D eigenvalue weighted by Gasteiger charge is 2.13. The van der Waals surface area contributed by atoms with Crippen molar-refractivity contribution in [3.05, 3.63) is 34.3 Å². The van der Waals surface area contributed by atoms with Crippen molar-refractivity contribution in [2.24, 2.45) is 0 Å². The van der Waals surface area contributed by atoms with Gasteiger partial charge in [-0.1, -0.05) is 6.07 Å². The van der Waals surface area contributed by atoms with Gasteiger partial charge in [0.15, 0.2) is 6.61 Å². The summed E-state index contributed by atoms with van der Waals surface area (Å²) in [6, 6.07) is 5.25. The van der Waals surface area contributed by atoms with E-state index in [0.29, 0.717) is 10.2 Å². The largest absolute Gasteiger partial charge is 0.483 e. The van der Waals surface area contributed by atoms with Crippen molar-refractivity contribution in [2.75, 3.05) is 13.7 Å². The van der Waals surface area contributed by atoms with E-state index in [1.165, 1.54) is 6.08 Å². The van der Waals surface area contributed by atoms with E-state index in [0.717, 1.165) is 11.6 Å². The number of halogens is 1. The van der Waals surface area contributed by atoms with Gasteiger partial charge in [-0.2, -0.15) is 0 Å². The number of aliphatic carboxylic acids is 1. The Morgan fingerprint density at radius 1 is 1.43 bits per heavy atom. The van der Waals surface area contributed by atoms with Crippen LogP contribution in [0, 0.1) is 0 Å². The Hall–Kier alpha value is -1.82. The minimum Gasteiger partial charge on any atom is -0.483 e. The maximum absolute atomic E-state index is 11.8. The van der Waals surface area contributed by atoms with Gasteiger partial charge >= 0.3 is 5.97 Å². The first-order chi connectivity index (χ1) is 9.81. The maximum Gasteiger partial charge on any atom is 0.328 e. The van der Waals surface area contributed by atoms with E-state index in [4.69, 9.17) is 9.84 Å². The van der Waals surface area contributed by atoms with Crippen LogP contribution in [0.15, 0.2) is 28.7 Å². The number of carbonyl (C=O) groups excluding carboxylic acids is 1. The molecule has 21 heavy (non-hydrogen) atoms. The number of likely N-dealkylation sites (N-methyl/N-ethyl adjacent to an activating group) is 1. The average molecular weight is 356 g/mol. The highest BCUT2D eigenvalue weighted by atomic mass is 79.9. The third-order valence-corrected chi connectivity index (χ3v) is 3.51. The Labute approximate surface area is 132 Å². The number of rotatable bonds is 6. The molecule has 0 heterocycles.